The summed E-state index contributed by atoms with van der Waals surface area (Å²) in [6, 6.07) is 16.1. The molecular formula is C25H27NO8. The third-order valence-electron chi connectivity index (χ3n) is 4.38. The second-order valence-electron chi connectivity index (χ2n) is 7.18. The van der Waals surface area contributed by atoms with Gasteiger partial charge in [-0.15, -0.1) is 0 Å². The number of carbonyl (C=O) groups is 2. The summed E-state index contributed by atoms with van der Waals surface area (Å²) in [5.74, 6) is -1.44. The van der Waals surface area contributed by atoms with Crippen LogP contribution in [0, 0.1) is 0 Å². The van der Waals surface area contributed by atoms with E-state index in [1.54, 1.807) is 18.2 Å². The van der Waals surface area contributed by atoms with Crippen LogP contribution in [0.25, 0.3) is 22.3 Å². The summed E-state index contributed by atoms with van der Waals surface area (Å²) in [5, 5.41) is 29.2. The normalized spacial score (nSPS) is 11.6. The zero-order valence-electron chi connectivity index (χ0n) is 18.6. The fraction of sp³-hybridized carbons (Fsp3) is 0.240. The fourth-order valence-corrected chi connectivity index (χ4v) is 2.81. The van der Waals surface area contributed by atoms with Crippen LogP contribution in [0.15, 0.2) is 76.0 Å². The van der Waals surface area contributed by atoms with Gasteiger partial charge < -0.3 is 29.8 Å². The van der Waals surface area contributed by atoms with Crippen molar-refractivity contribution in [2.24, 2.45) is 0 Å². The molecule has 1 heterocycles. The van der Waals surface area contributed by atoms with E-state index in [1.165, 1.54) is 6.07 Å². The van der Waals surface area contributed by atoms with Crippen molar-refractivity contribution in [1.29, 1.82) is 0 Å². The molecule has 4 N–H and O–H groups in total. The Morgan fingerprint density at radius 2 is 1.74 bits per heavy atom. The second-order valence-corrected chi connectivity index (χ2v) is 7.18. The maximum atomic E-state index is 12.3. The van der Waals surface area contributed by atoms with Gasteiger partial charge in [-0.3, -0.25) is 4.79 Å². The average Bonchev–Trinajstić information content (AvgIpc) is 2.82. The summed E-state index contributed by atoms with van der Waals surface area (Å²) < 4.78 is 11.5. The number of rotatable bonds is 10. The number of benzene rings is 2. The van der Waals surface area contributed by atoms with Crippen LogP contribution in [0.3, 0.4) is 0 Å². The maximum absolute atomic E-state index is 12.3. The van der Waals surface area contributed by atoms with Crippen LogP contribution in [0.4, 0.5) is 0 Å². The Morgan fingerprint density at radius 3 is 2.35 bits per heavy atom. The maximum Gasteiger partial charge on any atom is 0.328 e. The van der Waals surface area contributed by atoms with Gasteiger partial charge in [-0.2, -0.15) is 0 Å². The predicted octanol–water partition coefficient (Wildman–Crippen LogP) is 2.91. The molecule has 0 amide bonds. The van der Waals surface area contributed by atoms with Gasteiger partial charge in [0.05, 0.1) is 5.39 Å². The van der Waals surface area contributed by atoms with Gasteiger partial charge in [-0.05, 0) is 25.1 Å². The molecule has 1 atom stereocenters. The Bertz CT molecular complexity index is 1150. The summed E-state index contributed by atoms with van der Waals surface area (Å²) in [4.78, 5) is 31.5. The Morgan fingerprint density at radius 1 is 1.06 bits per heavy atom. The first kappa shape index (κ1) is 26.3. The molecule has 0 spiro atoms. The minimum absolute atomic E-state index is 0.0968. The molecule has 0 saturated heterocycles. The number of fused-ring (bicyclic) bond motifs is 1. The van der Waals surface area contributed by atoms with Crippen LogP contribution in [-0.2, 0) is 9.59 Å². The van der Waals surface area contributed by atoms with E-state index in [2.05, 4.69) is 12.2 Å². The molecule has 0 saturated carbocycles. The highest BCUT2D eigenvalue weighted by molar-refractivity contribution is 5.89. The SMILES string of the molecule is CCCNCC(O)COc1ccc2c(=O)cc(-c3ccccc3)oc2c1.O=C(O)/C=C\C(=O)O. The summed E-state index contributed by atoms with van der Waals surface area (Å²) in [5.41, 5.74) is 1.21. The molecule has 2 aromatic carbocycles. The van der Waals surface area contributed by atoms with Gasteiger partial charge in [0.15, 0.2) is 5.43 Å². The molecule has 0 aliphatic rings. The lowest BCUT2D eigenvalue weighted by molar-refractivity contribution is -0.134. The largest absolute Gasteiger partial charge is 0.491 e. The zero-order valence-corrected chi connectivity index (χ0v) is 18.6. The summed E-state index contributed by atoms with van der Waals surface area (Å²) >= 11 is 0. The molecule has 0 radical (unpaired) electrons. The van der Waals surface area contributed by atoms with E-state index >= 15 is 0 Å². The number of ether oxygens (including phenoxy) is 1. The Labute approximate surface area is 195 Å². The number of carboxylic acid groups (broad SMARTS) is 2. The highest BCUT2D eigenvalue weighted by atomic mass is 16.5. The molecule has 9 nitrogen and oxygen atoms in total. The van der Waals surface area contributed by atoms with Gasteiger partial charge in [0, 0.05) is 36.4 Å². The van der Waals surface area contributed by atoms with E-state index in [1.807, 2.05) is 30.3 Å². The van der Waals surface area contributed by atoms with Crippen LogP contribution < -0.4 is 15.5 Å². The number of hydrogen-bond acceptors (Lipinski definition) is 7. The number of hydrogen-bond donors (Lipinski definition) is 4. The lowest BCUT2D eigenvalue weighted by Gasteiger charge is -2.13. The molecule has 9 heteroatoms. The van der Waals surface area contributed by atoms with Crippen molar-refractivity contribution in [3.8, 4) is 17.1 Å². The van der Waals surface area contributed by atoms with Crippen molar-refractivity contribution < 1.29 is 34.1 Å². The molecule has 1 unspecified atom stereocenters. The molecule has 3 aromatic rings. The highest BCUT2D eigenvalue weighted by Crippen LogP contribution is 2.24. The molecule has 0 aliphatic heterocycles. The molecular weight excluding hydrogens is 442 g/mol. The van der Waals surface area contributed by atoms with E-state index in [0.29, 0.717) is 41.2 Å². The van der Waals surface area contributed by atoms with Crippen LogP contribution in [0.5, 0.6) is 5.75 Å². The van der Waals surface area contributed by atoms with Crippen molar-refractivity contribution in [3.05, 3.63) is 77.0 Å². The predicted molar refractivity (Wildman–Crippen MR) is 127 cm³/mol. The topological polar surface area (TPSA) is 146 Å². The van der Waals surface area contributed by atoms with Gasteiger partial charge >= 0.3 is 11.9 Å². The minimum Gasteiger partial charge on any atom is -0.491 e. The van der Waals surface area contributed by atoms with Gasteiger partial charge in [-0.1, -0.05) is 37.3 Å². The van der Waals surface area contributed by atoms with E-state index in [-0.39, 0.29) is 12.0 Å². The number of aliphatic carboxylic acids is 2. The summed E-state index contributed by atoms with van der Waals surface area (Å²) in [6.07, 6.45) is 1.53. The summed E-state index contributed by atoms with van der Waals surface area (Å²) in [6.45, 7) is 3.59. The Balaban J connectivity index is 0.000000440. The van der Waals surface area contributed by atoms with Crippen LogP contribution >= 0.6 is 0 Å². The monoisotopic (exact) mass is 469 g/mol. The van der Waals surface area contributed by atoms with Gasteiger partial charge in [0.25, 0.3) is 0 Å². The van der Waals surface area contributed by atoms with E-state index in [0.717, 1.165) is 18.5 Å². The molecule has 34 heavy (non-hydrogen) atoms. The first-order valence-corrected chi connectivity index (χ1v) is 10.6. The molecule has 3 rings (SSSR count). The smallest absolute Gasteiger partial charge is 0.328 e. The average molecular weight is 469 g/mol. The van der Waals surface area contributed by atoms with Crippen molar-refractivity contribution in [2.45, 2.75) is 19.4 Å². The van der Waals surface area contributed by atoms with E-state index in [4.69, 9.17) is 19.4 Å². The molecule has 0 aliphatic carbocycles. The van der Waals surface area contributed by atoms with Crippen molar-refractivity contribution in [3.63, 3.8) is 0 Å². The second kappa shape index (κ2) is 13.6. The first-order chi connectivity index (χ1) is 16.3. The van der Waals surface area contributed by atoms with Crippen LogP contribution in [0.2, 0.25) is 0 Å². The van der Waals surface area contributed by atoms with Crippen molar-refractivity contribution in [1.82, 2.24) is 5.32 Å². The molecule has 1 aromatic heterocycles. The third-order valence-corrected chi connectivity index (χ3v) is 4.38. The van der Waals surface area contributed by atoms with Crippen molar-refractivity contribution in [2.75, 3.05) is 19.7 Å². The molecule has 0 bridgehead atoms. The van der Waals surface area contributed by atoms with Crippen LogP contribution in [0.1, 0.15) is 13.3 Å². The van der Waals surface area contributed by atoms with E-state index < -0.39 is 18.0 Å². The Hall–Kier alpha value is -3.95. The number of nitrogens with one attached hydrogen (secondary N) is 1. The van der Waals surface area contributed by atoms with E-state index in [9.17, 15) is 19.5 Å². The lowest BCUT2D eigenvalue weighted by atomic mass is 10.1. The fourth-order valence-electron chi connectivity index (χ4n) is 2.81. The van der Waals surface area contributed by atoms with Gasteiger partial charge in [0.1, 0.15) is 29.8 Å². The van der Waals surface area contributed by atoms with Gasteiger partial charge in [0.2, 0.25) is 0 Å². The minimum atomic E-state index is -1.26. The van der Waals surface area contributed by atoms with Crippen LogP contribution in [-0.4, -0.2) is 53.1 Å². The van der Waals surface area contributed by atoms with Crippen molar-refractivity contribution >= 4 is 22.9 Å². The molecule has 180 valence electrons. The Kier molecular flexibility index (Phi) is 10.5. The standard InChI is InChI=1S/C21H23NO4.C4H4O4/c1-2-10-22-13-16(23)14-25-17-8-9-18-19(24)12-20(26-21(18)11-17)15-6-4-3-5-7-15;5-3(6)1-2-4(7)8/h3-9,11-12,16,22-23H,2,10,13-14H2,1H3;1-2H,(H,5,6)(H,7,8)/b;2-1-. The van der Waals surface area contributed by atoms with Gasteiger partial charge in [-0.25, -0.2) is 9.59 Å². The quantitative estimate of drug-likeness (QED) is 0.260. The highest BCUT2D eigenvalue weighted by Gasteiger charge is 2.09. The zero-order chi connectivity index (χ0) is 24.9. The first-order valence-electron chi connectivity index (χ1n) is 10.6. The third kappa shape index (κ3) is 8.89. The molecule has 0 fully saturated rings. The number of aliphatic hydroxyl groups excluding tert-OH is 1. The number of carboxylic acids is 2. The number of aliphatic hydroxyl groups is 1. The lowest BCUT2D eigenvalue weighted by Crippen LogP contribution is -2.31. The summed E-state index contributed by atoms with van der Waals surface area (Å²) in [7, 11) is 0.